The van der Waals surface area contributed by atoms with Crippen molar-refractivity contribution >= 4 is 21.9 Å². The smallest absolute Gasteiger partial charge is 0.323 e. The van der Waals surface area contributed by atoms with E-state index in [-0.39, 0.29) is 12.0 Å². The number of piperidine rings is 1. The van der Waals surface area contributed by atoms with Crippen LogP contribution in [0.15, 0.2) is 0 Å². The second-order valence-electron chi connectivity index (χ2n) is 5.72. The van der Waals surface area contributed by atoms with Crippen LogP contribution in [-0.4, -0.2) is 41.9 Å². The highest BCUT2D eigenvalue weighted by atomic mass is 79.9. The first-order chi connectivity index (χ1) is 8.71. The molecule has 1 saturated heterocycles. The van der Waals surface area contributed by atoms with Crippen molar-refractivity contribution in [2.75, 3.05) is 25.0 Å². The number of nitrogens with zero attached hydrogens (tertiary/aromatic N) is 1. The Kier molecular flexibility index (Phi) is 5.07. The molecule has 2 aliphatic rings. The van der Waals surface area contributed by atoms with Crippen LogP contribution >= 0.6 is 15.9 Å². The van der Waals surface area contributed by atoms with Gasteiger partial charge in [0.05, 0.1) is 6.61 Å². The summed E-state index contributed by atoms with van der Waals surface area (Å²) < 4.78 is 5.22. The number of rotatable bonds is 5. The molecule has 1 atom stereocenters. The molecule has 2 rings (SSSR count). The largest absolute Gasteiger partial charge is 0.465 e. The van der Waals surface area contributed by atoms with Gasteiger partial charge in [0.2, 0.25) is 0 Å². The summed E-state index contributed by atoms with van der Waals surface area (Å²) in [5.74, 6) is -0.0127. The van der Waals surface area contributed by atoms with Crippen molar-refractivity contribution < 1.29 is 9.53 Å². The van der Waals surface area contributed by atoms with Gasteiger partial charge in [-0.2, -0.15) is 0 Å². The lowest BCUT2D eigenvalue weighted by Crippen LogP contribution is -2.52. The number of esters is 1. The van der Waals surface area contributed by atoms with Crippen LogP contribution in [0.1, 0.15) is 45.4 Å². The third kappa shape index (κ3) is 3.08. The minimum absolute atomic E-state index is 0.00947. The first kappa shape index (κ1) is 14.3. The number of alkyl halides is 1. The van der Waals surface area contributed by atoms with Crippen LogP contribution in [0, 0.1) is 5.41 Å². The van der Waals surface area contributed by atoms with Gasteiger partial charge in [-0.25, -0.2) is 0 Å². The fourth-order valence-corrected chi connectivity index (χ4v) is 3.87. The van der Waals surface area contributed by atoms with E-state index in [0.717, 1.165) is 31.3 Å². The van der Waals surface area contributed by atoms with Crippen LogP contribution in [0.4, 0.5) is 0 Å². The number of carbonyl (C=O) groups excluding carboxylic acids is 1. The van der Waals surface area contributed by atoms with Crippen LogP contribution in [-0.2, 0) is 9.53 Å². The van der Waals surface area contributed by atoms with Crippen molar-refractivity contribution in [3.8, 4) is 0 Å². The van der Waals surface area contributed by atoms with E-state index >= 15 is 0 Å². The van der Waals surface area contributed by atoms with E-state index in [1.54, 1.807) is 0 Å². The Morgan fingerprint density at radius 1 is 1.39 bits per heavy atom. The average molecular weight is 318 g/mol. The van der Waals surface area contributed by atoms with Crippen LogP contribution in [0.3, 0.4) is 0 Å². The Labute approximate surface area is 118 Å². The Hall–Kier alpha value is -0.0900. The summed E-state index contributed by atoms with van der Waals surface area (Å²) in [6.07, 6.45) is 7.27. The molecule has 1 heterocycles. The lowest BCUT2D eigenvalue weighted by Gasteiger charge is -2.46. The molecule has 0 radical (unpaired) electrons. The maximum Gasteiger partial charge on any atom is 0.323 e. The summed E-state index contributed by atoms with van der Waals surface area (Å²) in [5, 5.41) is 1.06. The fraction of sp³-hybridized carbons (Fsp3) is 0.929. The van der Waals surface area contributed by atoms with E-state index in [0.29, 0.717) is 12.0 Å². The van der Waals surface area contributed by atoms with E-state index in [4.69, 9.17) is 4.74 Å². The molecule has 1 unspecified atom stereocenters. The van der Waals surface area contributed by atoms with Crippen LogP contribution in [0.25, 0.3) is 0 Å². The van der Waals surface area contributed by atoms with Gasteiger partial charge in [-0.3, -0.25) is 9.69 Å². The van der Waals surface area contributed by atoms with Gasteiger partial charge in [-0.15, -0.1) is 0 Å². The molecule has 1 saturated carbocycles. The molecule has 0 aromatic carbocycles. The molecule has 0 bridgehead atoms. The van der Waals surface area contributed by atoms with Crippen LogP contribution < -0.4 is 0 Å². The van der Waals surface area contributed by atoms with Gasteiger partial charge in [-0.05, 0) is 44.6 Å². The number of hydrogen-bond donors (Lipinski definition) is 0. The number of halogens is 1. The standard InChI is InChI=1S/C14H24BrNO2/c1-2-18-13(17)12-6-3-4-9-16(12)11-14(10-15)7-5-8-14/h12H,2-11H2,1H3. The van der Waals surface area contributed by atoms with E-state index in [2.05, 4.69) is 20.8 Å². The Morgan fingerprint density at radius 3 is 2.72 bits per heavy atom. The summed E-state index contributed by atoms with van der Waals surface area (Å²) in [6.45, 7) is 4.49. The Morgan fingerprint density at radius 2 is 2.17 bits per heavy atom. The number of carbonyl (C=O) groups is 1. The first-order valence-electron chi connectivity index (χ1n) is 7.17. The molecule has 1 aliphatic heterocycles. The monoisotopic (exact) mass is 317 g/mol. The number of likely N-dealkylation sites (tertiary alicyclic amines) is 1. The summed E-state index contributed by atoms with van der Waals surface area (Å²) in [6, 6.07) is 0.00947. The third-order valence-electron chi connectivity index (χ3n) is 4.41. The predicted molar refractivity (Wildman–Crippen MR) is 75.9 cm³/mol. The van der Waals surface area contributed by atoms with E-state index < -0.39 is 0 Å². The number of ether oxygens (including phenoxy) is 1. The maximum absolute atomic E-state index is 12.0. The minimum Gasteiger partial charge on any atom is -0.465 e. The molecular formula is C14H24BrNO2. The molecule has 0 N–H and O–H groups in total. The molecule has 2 fully saturated rings. The maximum atomic E-state index is 12.0. The zero-order valence-corrected chi connectivity index (χ0v) is 12.9. The molecule has 18 heavy (non-hydrogen) atoms. The first-order valence-corrected chi connectivity index (χ1v) is 8.29. The van der Waals surface area contributed by atoms with E-state index in [1.807, 2.05) is 6.92 Å². The van der Waals surface area contributed by atoms with Gasteiger partial charge in [-0.1, -0.05) is 28.8 Å². The Bertz CT molecular complexity index is 286. The second-order valence-corrected chi connectivity index (χ2v) is 6.28. The van der Waals surface area contributed by atoms with Crippen molar-refractivity contribution in [1.29, 1.82) is 0 Å². The summed E-state index contributed by atoms with van der Waals surface area (Å²) in [4.78, 5) is 14.4. The topological polar surface area (TPSA) is 29.5 Å². The molecule has 3 nitrogen and oxygen atoms in total. The van der Waals surface area contributed by atoms with Gasteiger partial charge in [0, 0.05) is 11.9 Å². The van der Waals surface area contributed by atoms with Gasteiger partial charge >= 0.3 is 5.97 Å². The zero-order valence-electron chi connectivity index (χ0n) is 11.3. The molecule has 1 aliphatic carbocycles. The normalized spacial score (nSPS) is 27.6. The van der Waals surface area contributed by atoms with Crippen molar-refractivity contribution in [2.45, 2.75) is 51.5 Å². The SMILES string of the molecule is CCOC(=O)C1CCCCN1CC1(CBr)CCC1. The van der Waals surface area contributed by atoms with Crippen LogP contribution in [0.5, 0.6) is 0 Å². The minimum atomic E-state index is -0.0127. The van der Waals surface area contributed by atoms with Crippen molar-refractivity contribution in [3.63, 3.8) is 0 Å². The summed E-state index contributed by atoms with van der Waals surface area (Å²) >= 11 is 3.66. The van der Waals surface area contributed by atoms with Gasteiger partial charge < -0.3 is 4.74 Å². The lowest BCUT2D eigenvalue weighted by atomic mass is 9.69. The highest BCUT2D eigenvalue weighted by Gasteiger charge is 2.41. The predicted octanol–water partition coefficient (Wildman–Crippen LogP) is 2.97. The third-order valence-corrected chi connectivity index (χ3v) is 5.60. The lowest BCUT2D eigenvalue weighted by molar-refractivity contribution is -0.152. The van der Waals surface area contributed by atoms with E-state index in [1.165, 1.54) is 25.7 Å². The van der Waals surface area contributed by atoms with Gasteiger partial charge in [0.25, 0.3) is 0 Å². The summed E-state index contributed by atoms with van der Waals surface area (Å²) in [7, 11) is 0. The van der Waals surface area contributed by atoms with Crippen molar-refractivity contribution in [3.05, 3.63) is 0 Å². The Balaban J connectivity index is 1.96. The van der Waals surface area contributed by atoms with Gasteiger partial charge in [0.15, 0.2) is 0 Å². The highest BCUT2D eigenvalue weighted by molar-refractivity contribution is 9.09. The van der Waals surface area contributed by atoms with Gasteiger partial charge in [0.1, 0.15) is 6.04 Å². The molecular weight excluding hydrogens is 294 g/mol. The molecule has 0 aromatic heterocycles. The quantitative estimate of drug-likeness (QED) is 0.576. The van der Waals surface area contributed by atoms with Crippen LogP contribution in [0.2, 0.25) is 0 Å². The molecule has 0 spiro atoms. The average Bonchev–Trinajstić information content (AvgIpc) is 2.34. The highest BCUT2D eigenvalue weighted by Crippen LogP contribution is 2.43. The summed E-state index contributed by atoms with van der Waals surface area (Å²) in [5.41, 5.74) is 0.419. The molecule has 0 amide bonds. The molecule has 104 valence electrons. The van der Waals surface area contributed by atoms with E-state index in [9.17, 15) is 4.79 Å². The number of hydrogen-bond acceptors (Lipinski definition) is 3. The van der Waals surface area contributed by atoms with Crippen molar-refractivity contribution in [1.82, 2.24) is 4.90 Å². The molecule has 0 aromatic rings. The molecule has 4 heteroatoms. The fourth-order valence-electron chi connectivity index (χ4n) is 3.13. The second kappa shape index (κ2) is 6.38. The zero-order chi connectivity index (χ0) is 13.0. The van der Waals surface area contributed by atoms with Crippen molar-refractivity contribution in [2.24, 2.45) is 5.41 Å².